The molecule has 2 aromatic rings. The van der Waals surface area contributed by atoms with E-state index in [2.05, 4.69) is 20.8 Å². The number of nitrogens with one attached hydrogen (secondary N) is 2. The molecule has 0 aliphatic carbocycles. The first-order valence-corrected chi connectivity index (χ1v) is 6.23. The van der Waals surface area contributed by atoms with Crippen molar-refractivity contribution >= 4 is 17.5 Å². The van der Waals surface area contributed by atoms with Gasteiger partial charge < -0.3 is 9.73 Å². The van der Waals surface area contributed by atoms with Gasteiger partial charge in [0.2, 0.25) is 0 Å². The molecule has 0 aliphatic heterocycles. The highest BCUT2D eigenvalue weighted by atomic mass is 16.3. The van der Waals surface area contributed by atoms with Gasteiger partial charge in [0, 0.05) is 6.20 Å². The normalized spacial score (nSPS) is 11.0. The first-order chi connectivity index (χ1) is 10.2. The maximum absolute atomic E-state index is 11.6. The van der Waals surface area contributed by atoms with Crippen molar-refractivity contribution in [2.45, 2.75) is 13.5 Å². The average molecular weight is 286 g/mol. The van der Waals surface area contributed by atoms with E-state index in [1.807, 2.05) is 0 Å². The van der Waals surface area contributed by atoms with Gasteiger partial charge in [-0.05, 0) is 31.2 Å². The van der Waals surface area contributed by atoms with Gasteiger partial charge in [-0.1, -0.05) is 6.07 Å². The summed E-state index contributed by atoms with van der Waals surface area (Å²) in [4.78, 5) is 27.2. The fourth-order valence-corrected chi connectivity index (χ4v) is 1.48. The molecule has 7 nitrogen and oxygen atoms in total. The van der Waals surface area contributed by atoms with Crippen molar-refractivity contribution in [1.29, 1.82) is 0 Å². The first kappa shape index (κ1) is 14.4. The fourth-order valence-electron chi connectivity index (χ4n) is 1.48. The Bertz CT molecular complexity index is 636. The number of hydrogen-bond acceptors (Lipinski definition) is 5. The maximum Gasteiger partial charge on any atom is 0.329 e. The van der Waals surface area contributed by atoms with Crippen LogP contribution in [0.25, 0.3) is 0 Å². The molecule has 0 spiro atoms. The molecule has 2 rings (SSSR count). The highest BCUT2D eigenvalue weighted by molar-refractivity contribution is 6.35. The summed E-state index contributed by atoms with van der Waals surface area (Å²) in [6.45, 7) is 1.82. The Labute approximate surface area is 121 Å². The lowest BCUT2D eigenvalue weighted by Crippen LogP contribution is -2.37. The molecule has 0 aliphatic rings. The molecule has 0 bridgehead atoms. The lowest BCUT2D eigenvalue weighted by molar-refractivity contribution is -0.139. The van der Waals surface area contributed by atoms with Gasteiger partial charge in [-0.3, -0.25) is 14.6 Å². The highest BCUT2D eigenvalue weighted by Gasteiger charge is 2.13. The number of hydrazone groups is 1. The quantitative estimate of drug-likeness (QED) is 0.494. The smallest absolute Gasteiger partial charge is 0.329 e. The molecule has 0 saturated carbocycles. The molecule has 0 radical (unpaired) electrons. The number of furan rings is 1. The molecule has 2 aromatic heterocycles. The van der Waals surface area contributed by atoms with Gasteiger partial charge >= 0.3 is 11.8 Å². The van der Waals surface area contributed by atoms with Crippen molar-refractivity contribution in [3.63, 3.8) is 0 Å². The van der Waals surface area contributed by atoms with E-state index < -0.39 is 11.8 Å². The highest BCUT2D eigenvalue weighted by Crippen LogP contribution is 1.98. The summed E-state index contributed by atoms with van der Waals surface area (Å²) in [5, 5.41) is 6.25. The molecular weight excluding hydrogens is 272 g/mol. The van der Waals surface area contributed by atoms with Crippen molar-refractivity contribution in [2.75, 3.05) is 0 Å². The van der Waals surface area contributed by atoms with Crippen molar-refractivity contribution < 1.29 is 14.0 Å². The number of carbonyl (C=O) groups excluding carboxylic acids is 2. The zero-order chi connectivity index (χ0) is 15.1. The number of rotatable bonds is 4. The lowest BCUT2D eigenvalue weighted by atomic mass is 10.3. The van der Waals surface area contributed by atoms with Crippen molar-refractivity contribution in [3.8, 4) is 0 Å². The summed E-state index contributed by atoms with van der Waals surface area (Å²) >= 11 is 0. The number of pyridine rings is 1. The van der Waals surface area contributed by atoms with Gasteiger partial charge in [0.1, 0.15) is 5.76 Å². The van der Waals surface area contributed by atoms with Crippen LogP contribution in [0.5, 0.6) is 0 Å². The Balaban J connectivity index is 1.85. The van der Waals surface area contributed by atoms with Gasteiger partial charge in [-0.2, -0.15) is 5.10 Å². The summed E-state index contributed by atoms with van der Waals surface area (Å²) in [6, 6.07) is 8.72. The van der Waals surface area contributed by atoms with Crippen molar-refractivity contribution in [2.24, 2.45) is 5.10 Å². The number of hydrogen-bond donors (Lipinski definition) is 2. The minimum absolute atomic E-state index is 0.141. The van der Waals surface area contributed by atoms with Crippen molar-refractivity contribution in [3.05, 3.63) is 54.2 Å². The Morgan fingerprint density at radius 3 is 2.76 bits per heavy atom. The van der Waals surface area contributed by atoms with E-state index in [0.717, 1.165) is 0 Å². The van der Waals surface area contributed by atoms with Crippen LogP contribution in [-0.4, -0.2) is 22.5 Å². The summed E-state index contributed by atoms with van der Waals surface area (Å²) in [5.74, 6) is -1.08. The van der Waals surface area contributed by atoms with E-state index in [4.69, 9.17) is 4.42 Å². The average Bonchev–Trinajstić information content (AvgIpc) is 3.04. The summed E-state index contributed by atoms with van der Waals surface area (Å²) < 4.78 is 5.04. The van der Waals surface area contributed by atoms with E-state index >= 15 is 0 Å². The number of nitrogens with zero attached hydrogens (tertiary/aromatic N) is 2. The van der Waals surface area contributed by atoms with Gasteiger partial charge in [-0.25, -0.2) is 5.43 Å². The van der Waals surface area contributed by atoms with Gasteiger partial charge in [0.25, 0.3) is 0 Å². The SMILES string of the molecule is C/C(=N/NC(=O)C(=O)NCc1ccco1)c1ccccn1. The van der Waals surface area contributed by atoms with E-state index in [-0.39, 0.29) is 6.54 Å². The van der Waals surface area contributed by atoms with Crippen LogP contribution in [0.2, 0.25) is 0 Å². The molecule has 21 heavy (non-hydrogen) atoms. The maximum atomic E-state index is 11.6. The molecule has 0 aromatic carbocycles. The topological polar surface area (TPSA) is 96.6 Å². The Hall–Kier alpha value is -2.96. The molecule has 2 amide bonds. The van der Waals surface area contributed by atoms with Crippen LogP contribution >= 0.6 is 0 Å². The van der Waals surface area contributed by atoms with Crippen LogP contribution in [0.3, 0.4) is 0 Å². The second-order valence-electron chi connectivity index (χ2n) is 4.12. The third-order valence-corrected chi connectivity index (χ3v) is 2.57. The summed E-state index contributed by atoms with van der Waals surface area (Å²) in [6.07, 6.45) is 3.11. The molecule has 0 fully saturated rings. The first-order valence-electron chi connectivity index (χ1n) is 6.23. The zero-order valence-electron chi connectivity index (χ0n) is 11.4. The van der Waals surface area contributed by atoms with E-state index in [1.165, 1.54) is 6.26 Å². The van der Waals surface area contributed by atoms with Crippen LogP contribution < -0.4 is 10.7 Å². The van der Waals surface area contributed by atoms with Crippen LogP contribution in [0.15, 0.2) is 52.3 Å². The van der Waals surface area contributed by atoms with E-state index in [9.17, 15) is 9.59 Å². The monoisotopic (exact) mass is 286 g/mol. The zero-order valence-corrected chi connectivity index (χ0v) is 11.4. The predicted molar refractivity (Wildman–Crippen MR) is 75.1 cm³/mol. The Morgan fingerprint density at radius 1 is 1.24 bits per heavy atom. The standard InChI is InChI=1S/C14H14N4O3/c1-10(12-6-2-3-7-15-12)17-18-14(20)13(19)16-9-11-5-4-8-21-11/h2-8H,9H2,1H3,(H,16,19)(H,18,20)/b17-10-. The predicted octanol–water partition coefficient (Wildman–Crippen LogP) is 0.831. The second kappa shape index (κ2) is 6.99. The minimum atomic E-state index is -0.850. The largest absolute Gasteiger partial charge is 0.467 e. The fraction of sp³-hybridized carbons (Fsp3) is 0.143. The number of amides is 2. The van der Waals surface area contributed by atoms with Gasteiger partial charge in [-0.15, -0.1) is 0 Å². The van der Waals surface area contributed by atoms with Gasteiger partial charge in [0.15, 0.2) is 0 Å². The number of carbonyl (C=O) groups is 2. The molecule has 7 heteroatoms. The molecule has 0 atom stereocenters. The van der Waals surface area contributed by atoms with E-state index in [1.54, 1.807) is 43.5 Å². The Morgan fingerprint density at radius 2 is 2.10 bits per heavy atom. The summed E-state index contributed by atoms with van der Waals surface area (Å²) in [7, 11) is 0. The van der Waals surface area contributed by atoms with Crippen LogP contribution in [0.4, 0.5) is 0 Å². The van der Waals surface area contributed by atoms with Crippen LogP contribution in [0, 0.1) is 0 Å². The lowest BCUT2D eigenvalue weighted by Gasteiger charge is -2.03. The number of aromatic nitrogens is 1. The molecule has 0 unspecified atom stereocenters. The molecular formula is C14H14N4O3. The third-order valence-electron chi connectivity index (χ3n) is 2.57. The van der Waals surface area contributed by atoms with Crippen LogP contribution in [0.1, 0.15) is 18.4 Å². The molecule has 2 N–H and O–H groups in total. The molecule has 0 saturated heterocycles. The van der Waals surface area contributed by atoms with E-state index in [0.29, 0.717) is 17.2 Å². The molecule has 108 valence electrons. The van der Waals surface area contributed by atoms with Gasteiger partial charge in [0.05, 0.1) is 24.2 Å². The minimum Gasteiger partial charge on any atom is -0.467 e. The molecule has 2 heterocycles. The second-order valence-corrected chi connectivity index (χ2v) is 4.12. The van der Waals surface area contributed by atoms with Crippen LogP contribution in [-0.2, 0) is 16.1 Å². The van der Waals surface area contributed by atoms with Crippen molar-refractivity contribution in [1.82, 2.24) is 15.7 Å². The Kier molecular flexibility index (Phi) is 4.81. The third kappa shape index (κ3) is 4.27. The summed E-state index contributed by atoms with van der Waals surface area (Å²) in [5.41, 5.74) is 3.30.